The summed E-state index contributed by atoms with van der Waals surface area (Å²) in [4.78, 5) is 4.01. The van der Waals surface area contributed by atoms with Crippen molar-refractivity contribution in [2.45, 2.75) is 31.7 Å². The van der Waals surface area contributed by atoms with Crippen LogP contribution in [-0.4, -0.2) is 10.5 Å². The topological polar surface area (TPSA) is 38.9 Å². The van der Waals surface area contributed by atoms with E-state index in [1.165, 1.54) is 5.56 Å². The van der Waals surface area contributed by atoms with Crippen molar-refractivity contribution in [3.8, 4) is 0 Å². The molecule has 2 N–H and O–H groups in total. The number of nitrogens with two attached hydrogens (primary N) is 1. The summed E-state index contributed by atoms with van der Waals surface area (Å²) in [7, 11) is 0. The number of pyridine rings is 1. The van der Waals surface area contributed by atoms with Gasteiger partial charge in [0.25, 0.3) is 0 Å². The van der Waals surface area contributed by atoms with Crippen molar-refractivity contribution in [3.05, 3.63) is 64.9 Å². The van der Waals surface area contributed by atoms with Crippen LogP contribution in [0.3, 0.4) is 0 Å². The third kappa shape index (κ3) is 3.79. The molecule has 0 saturated carbocycles. The van der Waals surface area contributed by atoms with E-state index in [9.17, 15) is 0 Å². The molecule has 1 heterocycles. The van der Waals surface area contributed by atoms with Gasteiger partial charge in [0.05, 0.1) is 5.02 Å². The third-order valence-corrected chi connectivity index (χ3v) is 3.84. The Morgan fingerprint density at radius 1 is 1.16 bits per heavy atom. The van der Waals surface area contributed by atoms with Crippen LogP contribution < -0.4 is 5.73 Å². The first-order chi connectivity index (χ1) is 9.13. The van der Waals surface area contributed by atoms with Gasteiger partial charge < -0.3 is 5.73 Å². The van der Waals surface area contributed by atoms with Crippen LogP contribution >= 0.6 is 11.6 Å². The van der Waals surface area contributed by atoms with Crippen LogP contribution in [0.2, 0.25) is 5.02 Å². The molecule has 100 valence electrons. The Labute approximate surface area is 119 Å². The van der Waals surface area contributed by atoms with Gasteiger partial charge in [-0.25, -0.2) is 0 Å². The molecule has 2 aromatic rings. The van der Waals surface area contributed by atoms with E-state index < -0.39 is 0 Å². The average molecular weight is 275 g/mol. The lowest BCUT2D eigenvalue weighted by Crippen LogP contribution is -2.43. The van der Waals surface area contributed by atoms with E-state index in [4.69, 9.17) is 17.3 Å². The van der Waals surface area contributed by atoms with Crippen LogP contribution in [0.25, 0.3) is 0 Å². The summed E-state index contributed by atoms with van der Waals surface area (Å²) in [6, 6.07) is 12.3. The number of nitrogens with zero attached hydrogens (tertiary/aromatic N) is 1. The maximum atomic E-state index is 6.55. The van der Waals surface area contributed by atoms with E-state index >= 15 is 0 Å². The molecular weight excluding hydrogens is 256 g/mol. The van der Waals surface area contributed by atoms with Gasteiger partial charge in [-0.3, -0.25) is 4.98 Å². The molecule has 1 aromatic carbocycles. The van der Waals surface area contributed by atoms with Gasteiger partial charge in [-0.05, 0) is 36.5 Å². The van der Waals surface area contributed by atoms with Crippen molar-refractivity contribution < 1.29 is 0 Å². The molecule has 3 heteroatoms. The number of hydrogen-bond acceptors (Lipinski definition) is 2. The molecule has 0 aliphatic carbocycles. The minimum Gasteiger partial charge on any atom is -0.325 e. The van der Waals surface area contributed by atoms with E-state index in [0.717, 1.165) is 24.8 Å². The highest BCUT2D eigenvalue weighted by Crippen LogP contribution is 2.24. The van der Waals surface area contributed by atoms with Crippen molar-refractivity contribution in [2.75, 3.05) is 0 Å². The zero-order valence-electron chi connectivity index (χ0n) is 11.1. The fourth-order valence-corrected chi connectivity index (χ4v) is 2.43. The monoisotopic (exact) mass is 274 g/mol. The first-order valence-electron chi connectivity index (χ1n) is 6.54. The Morgan fingerprint density at radius 3 is 2.53 bits per heavy atom. The zero-order chi connectivity index (χ0) is 13.7. The summed E-state index contributed by atoms with van der Waals surface area (Å²) in [5, 5.41) is 0.693. The number of halogens is 1. The van der Waals surface area contributed by atoms with E-state index in [-0.39, 0.29) is 5.54 Å². The molecule has 19 heavy (non-hydrogen) atoms. The first-order valence-corrected chi connectivity index (χ1v) is 6.92. The summed E-state index contributed by atoms with van der Waals surface area (Å²) >= 11 is 6.17. The lowest BCUT2D eigenvalue weighted by Gasteiger charge is -2.29. The second-order valence-electron chi connectivity index (χ2n) is 5.02. The Balaban J connectivity index is 2.17. The minimum absolute atomic E-state index is 0.271. The zero-order valence-corrected chi connectivity index (χ0v) is 11.9. The van der Waals surface area contributed by atoms with Gasteiger partial charge in [-0.1, -0.05) is 48.9 Å². The Hall–Kier alpha value is -1.38. The average Bonchev–Trinajstić information content (AvgIpc) is 2.42. The Kier molecular flexibility index (Phi) is 4.56. The van der Waals surface area contributed by atoms with Crippen LogP contribution in [0.1, 0.15) is 24.5 Å². The minimum atomic E-state index is -0.271. The van der Waals surface area contributed by atoms with Crippen LogP contribution in [0.15, 0.2) is 48.8 Å². The maximum absolute atomic E-state index is 6.55. The predicted octanol–water partition coefficient (Wildman–Crippen LogP) is 3.63. The van der Waals surface area contributed by atoms with Crippen molar-refractivity contribution in [1.29, 1.82) is 0 Å². The summed E-state index contributed by atoms with van der Waals surface area (Å²) in [5.41, 5.74) is 8.61. The Morgan fingerprint density at radius 2 is 1.89 bits per heavy atom. The lowest BCUT2D eigenvalue weighted by molar-refractivity contribution is 0.404. The third-order valence-electron chi connectivity index (χ3n) is 3.50. The summed E-state index contributed by atoms with van der Waals surface area (Å²) < 4.78 is 0. The fourth-order valence-electron chi connectivity index (χ4n) is 2.24. The summed E-state index contributed by atoms with van der Waals surface area (Å²) in [6.07, 6.45) is 5.96. The SMILES string of the molecule is CCC(N)(Cc1ccccc1)Cc1ccncc1Cl. The molecule has 0 fully saturated rings. The molecule has 1 aromatic heterocycles. The van der Waals surface area contributed by atoms with E-state index in [1.54, 1.807) is 12.4 Å². The van der Waals surface area contributed by atoms with Gasteiger partial charge in [-0.15, -0.1) is 0 Å². The quantitative estimate of drug-likeness (QED) is 0.904. The van der Waals surface area contributed by atoms with Gasteiger partial charge in [0, 0.05) is 17.9 Å². The van der Waals surface area contributed by atoms with E-state index in [2.05, 4.69) is 24.0 Å². The number of hydrogen-bond donors (Lipinski definition) is 1. The van der Waals surface area contributed by atoms with Crippen LogP contribution in [-0.2, 0) is 12.8 Å². The molecule has 0 bridgehead atoms. The van der Waals surface area contributed by atoms with Crippen LogP contribution in [0.4, 0.5) is 0 Å². The molecular formula is C16H19ClN2. The highest BCUT2D eigenvalue weighted by Gasteiger charge is 2.24. The van der Waals surface area contributed by atoms with Gasteiger partial charge >= 0.3 is 0 Å². The lowest BCUT2D eigenvalue weighted by atomic mass is 9.84. The molecule has 0 aliphatic heterocycles. The molecule has 1 unspecified atom stereocenters. The molecule has 0 spiro atoms. The van der Waals surface area contributed by atoms with E-state index in [1.807, 2.05) is 24.3 Å². The van der Waals surface area contributed by atoms with Crippen LogP contribution in [0.5, 0.6) is 0 Å². The molecule has 2 rings (SSSR count). The maximum Gasteiger partial charge on any atom is 0.0621 e. The molecule has 2 nitrogen and oxygen atoms in total. The highest BCUT2D eigenvalue weighted by atomic mass is 35.5. The summed E-state index contributed by atoms with van der Waals surface area (Å²) in [6.45, 7) is 2.12. The molecule has 0 aliphatic rings. The largest absolute Gasteiger partial charge is 0.325 e. The smallest absolute Gasteiger partial charge is 0.0621 e. The first kappa shape index (κ1) is 14.0. The van der Waals surface area contributed by atoms with E-state index in [0.29, 0.717) is 5.02 Å². The molecule has 1 atom stereocenters. The summed E-state index contributed by atoms with van der Waals surface area (Å²) in [5.74, 6) is 0. The van der Waals surface area contributed by atoms with Crippen molar-refractivity contribution in [3.63, 3.8) is 0 Å². The van der Waals surface area contributed by atoms with Gasteiger partial charge in [0.1, 0.15) is 0 Å². The normalized spacial score (nSPS) is 14.1. The van der Waals surface area contributed by atoms with Gasteiger partial charge in [-0.2, -0.15) is 0 Å². The van der Waals surface area contributed by atoms with Crippen molar-refractivity contribution in [1.82, 2.24) is 4.98 Å². The highest BCUT2D eigenvalue weighted by molar-refractivity contribution is 6.31. The number of aromatic nitrogens is 1. The second-order valence-corrected chi connectivity index (χ2v) is 5.43. The van der Waals surface area contributed by atoms with Crippen molar-refractivity contribution >= 4 is 11.6 Å². The van der Waals surface area contributed by atoms with Crippen molar-refractivity contribution in [2.24, 2.45) is 5.73 Å². The molecule has 0 saturated heterocycles. The second kappa shape index (κ2) is 6.18. The molecule has 0 amide bonds. The number of rotatable bonds is 5. The predicted molar refractivity (Wildman–Crippen MR) is 80.3 cm³/mol. The van der Waals surface area contributed by atoms with Crippen LogP contribution in [0, 0.1) is 0 Å². The van der Waals surface area contributed by atoms with Gasteiger partial charge in [0.15, 0.2) is 0 Å². The fraction of sp³-hybridized carbons (Fsp3) is 0.312. The Bertz CT molecular complexity index is 527. The standard InChI is InChI=1S/C16H19ClN2/c1-2-16(18,10-13-6-4-3-5-7-13)11-14-8-9-19-12-15(14)17/h3-9,12H,2,10-11,18H2,1H3. The molecule has 0 radical (unpaired) electrons. The number of benzene rings is 1. The van der Waals surface area contributed by atoms with Gasteiger partial charge in [0.2, 0.25) is 0 Å².